The molecule has 2 nitrogen and oxygen atoms in total. The highest BCUT2D eigenvalue weighted by molar-refractivity contribution is 7.80. The average Bonchev–Trinajstić information content (AvgIpc) is 2.63. The van der Waals surface area contributed by atoms with E-state index in [2.05, 4.69) is 5.32 Å². The molecule has 0 fully saturated rings. The Hall–Kier alpha value is -2.52. The van der Waals surface area contributed by atoms with Gasteiger partial charge in [-0.1, -0.05) is 66.2 Å². The predicted octanol–water partition coefficient (Wildman–Crippen LogP) is 5.27. The topological polar surface area (TPSA) is 29.1 Å². The maximum atomic E-state index is 12.5. The zero-order valence-electron chi connectivity index (χ0n) is 13.4. The number of para-hydroxylation sites is 1. The summed E-state index contributed by atoms with van der Waals surface area (Å²) in [6.07, 6.45) is 0. The van der Waals surface area contributed by atoms with Crippen LogP contribution >= 0.6 is 12.6 Å². The van der Waals surface area contributed by atoms with Gasteiger partial charge in [0, 0.05) is 11.3 Å². The Labute approximate surface area is 148 Å². The fraction of sp³-hybridized carbons (Fsp3) is 0.0952. The third kappa shape index (κ3) is 3.69. The summed E-state index contributed by atoms with van der Waals surface area (Å²) in [6, 6.07) is 25.4. The summed E-state index contributed by atoms with van der Waals surface area (Å²) in [5.74, 6) is -0.115. The van der Waals surface area contributed by atoms with E-state index in [9.17, 15) is 4.79 Å². The largest absolute Gasteiger partial charge is 0.322 e. The molecule has 0 saturated heterocycles. The average molecular weight is 333 g/mol. The number of thiol groups is 1. The van der Waals surface area contributed by atoms with Crippen molar-refractivity contribution in [3.05, 3.63) is 101 Å². The van der Waals surface area contributed by atoms with Crippen molar-refractivity contribution in [1.29, 1.82) is 0 Å². The standard InChI is InChI=1S/C21H19NOS/c1-15-11-13-17(14-12-15)21(23)22-19-10-6-5-9-18(19)20(24)16-7-3-2-4-8-16/h2-14,20,24H,1H3,(H,22,23). The Balaban J connectivity index is 1.87. The molecule has 3 aromatic carbocycles. The minimum absolute atomic E-state index is 0.0966. The molecule has 24 heavy (non-hydrogen) atoms. The van der Waals surface area contributed by atoms with E-state index in [1.165, 1.54) is 0 Å². The maximum absolute atomic E-state index is 12.5. The van der Waals surface area contributed by atoms with Gasteiger partial charge in [0.2, 0.25) is 0 Å². The molecule has 0 aromatic heterocycles. The number of anilines is 1. The van der Waals surface area contributed by atoms with Gasteiger partial charge in [-0.2, -0.15) is 12.6 Å². The van der Waals surface area contributed by atoms with E-state index < -0.39 is 0 Å². The summed E-state index contributed by atoms with van der Waals surface area (Å²) in [4.78, 5) is 12.5. The number of hydrogen-bond acceptors (Lipinski definition) is 2. The molecule has 0 saturated carbocycles. The van der Waals surface area contributed by atoms with Crippen LogP contribution in [0.25, 0.3) is 0 Å². The van der Waals surface area contributed by atoms with E-state index in [0.717, 1.165) is 22.4 Å². The highest BCUT2D eigenvalue weighted by atomic mass is 32.1. The summed E-state index contributed by atoms with van der Waals surface area (Å²) in [5, 5.41) is 2.91. The predicted molar refractivity (Wildman–Crippen MR) is 103 cm³/mol. The second-order valence-corrected chi connectivity index (χ2v) is 6.24. The molecule has 3 rings (SSSR count). The summed E-state index contributed by atoms with van der Waals surface area (Å²) >= 11 is 4.75. The number of carbonyl (C=O) groups is 1. The number of hydrogen-bond donors (Lipinski definition) is 2. The van der Waals surface area contributed by atoms with Gasteiger partial charge >= 0.3 is 0 Å². The van der Waals surface area contributed by atoms with Crippen LogP contribution in [0.15, 0.2) is 78.9 Å². The number of amides is 1. The van der Waals surface area contributed by atoms with Crippen LogP contribution in [-0.2, 0) is 0 Å². The zero-order valence-corrected chi connectivity index (χ0v) is 14.3. The van der Waals surface area contributed by atoms with Gasteiger partial charge in [0.25, 0.3) is 5.91 Å². The highest BCUT2D eigenvalue weighted by Gasteiger charge is 2.15. The molecule has 3 heteroatoms. The molecule has 0 spiro atoms. The lowest BCUT2D eigenvalue weighted by atomic mass is 10.0. The Morgan fingerprint density at radius 1 is 0.875 bits per heavy atom. The van der Waals surface area contributed by atoms with Crippen LogP contribution in [0.5, 0.6) is 0 Å². The molecule has 1 N–H and O–H groups in total. The van der Waals surface area contributed by atoms with Crippen molar-refractivity contribution in [3.8, 4) is 0 Å². The number of nitrogens with one attached hydrogen (secondary N) is 1. The lowest BCUT2D eigenvalue weighted by molar-refractivity contribution is 0.102. The first-order chi connectivity index (χ1) is 11.6. The summed E-state index contributed by atoms with van der Waals surface area (Å²) in [7, 11) is 0. The lowest BCUT2D eigenvalue weighted by Gasteiger charge is -2.17. The number of rotatable bonds is 4. The SMILES string of the molecule is Cc1ccc(C(=O)Nc2ccccc2C(S)c2ccccc2)cc1. The zero-order chi connectivity index (χ0) is 16.9. The van der Waals surface area contributed by atoms with Crippen LogP contribution in [0.1, 0.15) is 32.3 Å². The Bertz CT molecular complexity index is 828. The third-order valence-electron chi connectivity index (χ3n) is 3.93. The first-order valence-corrected chi connectivity index (χ1v) is 8.37. The van der Waals surface area contributed by atoms with Crippen LogP contribution in [0, 0.1) is 6.92 Å². The molecule has 0 aliphatic carbocycles. The van der Waals surface area contributed by atoms with Crippen molar-refractivity contribution in [1.82, 2.24) is 0 Å². The molecule has 0 aliphatic rings. The van der Waals surface area contributed by atoms with Crippen LogP contribution in [0.4, 0.5) is 5.69 Å². The van der Waals surface area contributed by atoms with Crippen molar-refractivity contribution in [2.45, 2.75) is 12.2 Å². The van der Waals surface area contributed by atoms with Gasteiger partial charge in [0.1, 0.15) is 0 Å². The second-order valence-electron chi connectivity index (χ2n) is 5.72. The van der Waals surface area contributed by atoms with Crippen molar-refractivity contribution in [3.63, 3.8) is 0 Å². The minimum atomic E-state index is -0.115. The van der Waals surface area contributed by atoms with Crippen LogP contribution in [0.2, 0.25) is 0 Å². The molecule has 1 unspecified atom stereocenters. The fourth-order valence-electron chi connectivity index (χ4n) is 2.56. The number of aryl methyl sites for hydroxylation is 1. The molecule has 0 aliphatic heterocycles. The first kappa shape index (κ1) is 16.3. The molecule has 0 bridgehead atoms. The van der Waals surface area contributed by atoms with Crippen molar-refractivity contribution in [2.24, 2.45) is 0 Å². The molecular formula is C21H19NOS. The number of benzene rings is 3. The van der Waals surface area contributed by atoms with E-state index in [-0.39, 0.29) is 11.2 Å². The molecule has 1 atom stereocenters. The fourth-order valence-corrected chi connectivity index (χ4v) is 2.96. The van der Waals surface area contributed by atoms with Gasteiger partial charge in [-0.3, -0.25) is 4.79 Å². The van der Waals surface area contributed by atoms with E-state index in [4.69, 9.17) is 12.6 Å². The summed E-state index contributed by atoms with van der Waals surface area (Å²) in [6.45, 7) is 2.00. The normalized spacial score (nSPS) is 11.8. The van der Waals surface area contributed by atoms with E-state index in [1.54, 1.807) is 0 Å². The van der Waals surface area contributed by atoms with E-state index in [1.807, 2.05) is 85.8 Å². The van der Waals surface area contributed by atoms with Crippen molar-refractivity contribution in [2.75, 3.05) is 5.32 Å². The minimum Gasteiger partial charge on any atom is -0.322 e. The van der Waals surface area contributed by atoms with Gasteiger partial charge in [0.15, 0.2) is 0 Å². The monoisotopic (exact) mass is 333 g/mol. The van der Waals surface area contributed by atoms with Gasteiger partial charge < -0.3 is 5.32 Å². The second kappa shape index (κ2) is 7.37. The maximum Gasteiger partial charge on any atom is 0.255 e. The van der Waals surface area contributed by atoms with Crippen LogP contribution in [0.3, 0.4) is 0 Å². The lowest BCUT2D eigenvalue weighted by Crippen LogP contribution is -2.13. The van der Waals surface area contributed by atoms with Crippen LogP contribution < -0.4 is 5.32 Å². The van der Waals surface area contributed by atoms with Gasteiger partial charge in [-0.25, -0.2) is 0 Å². The van der Waals surface area contributed by atoms with Gasteiger partial charge in [0.05, 0.1) is 5.25 Å². The molecule has 0 heterocycles. The molecule has 120 valence electrons. The van der Waals surface area contributed by atoms with Crippen molar-refractivity contribution >= 4 is 24.2 Å². The summed E-state index contributed by atoms with van der Waals surface area (Å²) < 4.78 is 0. The van der Waals surface area contributed by atoms with E-state index in [0.29, 0.717) is 5.56 Å². The van der Waals surface area contributed by atoms with Crippen LogP contribution in [-0.4, -0.2) is 5.91 Å². The van der Waals surface area contributed by atoms with E-state index >= 15 is 0 Å². The molecule has 0 radical (unpaired) electrons. The first-order valence-electron chi connectivity index (χ1n) is 7.85. The Morgan fingerprint density at radius 2 is 1.50 bits per heavy atom. The van der Waals surface area contributed by atoms with Gasteiger partial charge in [-0.15, -0.1) is 0 Å². The molecule has 1 amide bonds. The Kier molecular flexibility index (Phi) is 5.02. The quantitative estimate of drug-likeness (QED) is 0.626. The Morgan fingerprint density at radius 3 is 2.21 bits per heavy atom. The van der Waals surface area contributed by atoms with Crippen molar-refractivity contribution < 1.29 is 4.79 Å². The highest BCUT2D eigenvalue weighted by Crippen LogP contribution is 2.33. The third-order valence-corrected chi connectivity index (χ3v) is 4.51. The summed E-state index contributed by atoms with van der Waals surface area (Å²) in [5.41, 5.74) is 4.63. The molecular weight excluding hydrogens is 314 g/mol. The molecule has 3 aromatic rings. The number of carbonyl (C=O) groups excluding carboxylic acids is 1. The van der Waals surface area contributed by atoms with Gasteiger partial charge in [-0.05, 0) is 36.2 Å². The smallest absolute Gasteiger partial charge is 0.255 e.